The highest BCUT2D eigenvalue weighted by molar-refractivity contribution is 7.91. The minimum atomic E-state index is -4.52. The smallest absolute Gasteiger partial charge is 0.348 e. The first kappa shape index (κ1) is 20.2. The average Bonchev–Trinajstić information content (AvgIpc) is 3.40. The van der Waals surface area contributed by atoms with E-state index in [4.69, 9.17) is 0 Å². The van der Waals surface area contributed by atoms with E-state index in [0.717, 1.165) is 12.1 Å². The number of nitrogens with zero attached hydrogens (tertiary/aromatic N) is 3. The lowest BCUT2D eigenvalue weighted by molar-refractivity contribution is -0.137. The summed E-state index contributed by atoms with van der Waals surface area (Å²) >= 11 is 0. The van der Waals surface area contributed by atoms with Crippen molar-refractivity contribution in [2.45, 2.75) is 18.6 Å². The molecule has 7 nitrogen and oxygen atoms in total. The van der Waals surface area contributed by atoms with Crippen LogP contribution in [-0.2, 0) is 16.0 Å². The van der Waals surface area contributed by atoms with Gasteiger partial charge in [-0.1, -0.05) is 6.07 Å². The quantitative estimate of drug-likeness (QED) is 0.679. The monoisotopic (exact) mass is 438 g/mol. The van der Waals surface area contributed by atoms with Crippen LogP contribution in [0.3, 0.4) is 0 Å². The van der Waals surface area contributed by atoms with Gasteiger partial charge in [0.25, 0.3) is 5.91 Å². The summed E-state index contributed by atoms with van der Waals surface area (Å²) in [4.78, 5) is 12.8. The second-order valence-electron chi connectivity index (χ2n) is 7.01. The molecule has 158 valence electrons. The van der Waals surface area contributed by atoms with E-state index in [0.29, 0.717) is 6.42 Å². The second-order valence-corrected chi connectivity index (χ2v) is 9.23. The molecule has 1 saturated heterocycles. The Hall–Kier alpha value is -3.08. The predicted molar refractivity (Wildman–Crippen MR) is 102 cm³/mol. The van der Waals surface area contributed by atoms with Gasteiger partial charge in [0.1, 0.15) is 5.56 Å². The third-order valence-electron chi connectivity index (χ3n) is 4.82. The van der Waals surface area contributed by atoms with Crippen LogP contribution >= 0.6 is 0 Å². The molecule has 3 heterocycles. The molecule has 0 unspecified atom stereocenters. The fraction of sp³-hybridized carbons (Fsp3) is 0.263. The van der Waals surface area contributed by atoms with Gasteiger partial charge in [0, 0.05) is 18.4 Å². The number of sulfone groups is 1. The third-order valence-corrected chi connectivity index (χ3v) is 6.59. The van der Waals surface area contributed by atoms with Crippen LogP contribution in [0.2, 0.25) is 0 Å². The Labute approximate surface area is 170 Å². The van der Waals surface area contributed by atoms with Gasteiger partial charge >= 0.3 is 6.18 Å². The van der Waals surface area contributed by atoms with E-state index in [1.165, 1.54) is 23.0 Å². The Kier molecular flexibility index (Phi) is 4.92. The maximum atomic E-state index is 13.1. The molecule has 1 fully saturated rings. The molecule has 11 heteroatoms. The SMILES string of the molecule is O=C(N[C@H]1CCS(=O)(=O)C1)c1cnn(-c2cccc(C(F)(F)F)c2)c1-n1cccc1. The number of carbonyl (C=O) groups is 1. The summed E-state index contributed by atoms with van der Waals surface area (Å²) in [6, 6.07) is 7.52. The molecule has 30 heavy (non-hydrogen) atoms. The number of amides is 1. The lowest BCUT2D eigenvalue weighted by Crippen LogP contribution is -2.36. The van der Waals surface area contributed by atoms with Crippen molar-refractivity contribution in [1.29, 1.82) is 0 Å². The first-order chi connectivity index (χ1) is 14.1. The van der Waals surface area contributed by atoms with E-state index in [1.54, 1.807) is 29.1 Å². The van der Waals surface area contributed by atoms with Gasteiger partial charge in [-0.3, -0.25) is 4.79 Å². The molecule has 0 saturated carbocycles. The summed E-state index contributed by atoms with van der Waals surface area (Å²) in [5.41, 5.74) is -0.583. The van der Waals surface area contributed by atoms with Gasteiger partial charge in [0.05, 0.1) is 29.0 Å². The summed E-state index contributed by atoms with van der Waals surface area (Å²) in [7, 11) is -3.18. The van der Waals surface area contributed by atoms with Gasteiger partial charge in [-0.05, 0) is 36.8 Å². The van der Waals surface area contributed by atoms with E-state index in [-0.39, 0.29) is 28.6 Å². The Morgan fingerprint density at radius 2 is 1.90 bits per heavy atom. The lowest BCUT2D eigenvalue weighted by atomic mass is 10.2. The van der Waals surface area contributed by atoms with E-state index in [1.807, 2.05) is 0 Å². The van der Waals surface area contributed by atoms with Crippen molar-refractivity contribution >= 4 is 15.7 Å². The average molecular weight is 438 g/mol. The zero-order valence-corrected chi connectivity index (χ0v) is 16.3. The van der Waals surface area contributed by atoms with E-state index in [2.05, 4.69) is 10.4 Å². The Morgan fingerprint density at radius 1 is 1.17 bits per heavy atom. The van der Waals surface area contributed by atoms with Crippen molar-refractivity contribution in [3.8, 4) is 11.5 Å². The summed E-state index contributed by atoms with van der Waals surface area (Å²) in [6.07, 6.45) is 0.323. The number of rotatable bonds is 4. The molecule has 1 aliphatic heterocycles. The number of nitrogens with one attached hydrogen (secondary N) is 1. The van der Waals surface area contributed by atoms with Gasteiger partial charge in [-0.25, -0.2) is 13.1 Å². The third kappa shape index (κ3) is 3.97. The normalized spacial score (nSPS) is 18.4. The van der Waals surface area contributed by atoms with E-state index in [9.17, 15) is 26.4 Å². The summed E-state index contributed by atoms with van der Waals surface area (Å²) in [6.45, 7) is 0. The molecule has 4 rings (SSSR count). The Balaban J connectivity index is 1.74. The highest BCUT2D eigenvalue weighted by atomic mass is 32.2. The van der Waals surface area contributed by atoms with Crippen LogP contribution in [0.15, 0.2) is 55.0 Å². The number of halogens is 3. The molecule has 1 N–H and O–H groups in total. The van der Waals surface area contributed by atoms with E-state index >= 15 is 0 Å². The topological polar surface area (TPSA) is 86.0 Å². The van der Waals surface area contributed by atoms with Gasteiger partial charge in [0.2, 0.25) is 0 Å². The number of hydrogen-bond acceptors (Lipinski definition) is 4. The Bertz CT molecular complexity index is 1180. The van der Waals surface area contributed by atoms with Crippen molar-refractivity contribution < 1.29 is 26.4 Å². The van der Waals surface area contributed by atoms with Crippen molar-refractivity contribution in [1.82, 2.24) is 19.7 Å². The van der Waals surface area contributed by atoms with Crippen molar-refractivity contribution in [3.63, 3.8) is 0 Å². The van der Waals surface area contributed by atoms with Crippen LogP contribution in [0.25, 0.3) is 11.5 Å². The minimum absolute atomic E-state index is 0.00585. The predicted octanol–water partition coefficient (Wildman–Crippen LogP) is 2.60. The van der Waals surface area contributed by atoms with Crippen LogP contribution in [-0.4, -0.2) is 46.2 Å². The number of carbonyl (C=O) groups excluding carboxylic acids is 1. The molecule has 0 bridgehead atoms. The fourth-order valence-electron chi connectivity index (χ4n) is 3.40. The van der Waals surface area contributed by atoms with Gasteiger partial charge in [0.15, 0.2) is 15.7 Å². The number of hydrogen-bond donors (Lipinski definition) is 1. The van der Waals surface area contributed by atoms with Crippen LogP contribution < -0.4 is 5.32 Å². The standard InChI is InChI=1S/C19H17F3N4O3S/c20-19(21,22)13-4-3-5-15(10-13)26-18(25-7-1-2-8-25)16(11-23-26)17(27)24-14-6-9-30(28,29)12-14/h1-5,7-8,10-11,14H,6,9,12H2,(H,24,27)/t14-/m0/s1. The molecule has 0 spiro atoms. The van der Waals surface area contributed by atoms with Gasteiger partial charge in [-0.15, -0.1) is 0 Å². The Morgan fingerprint density at radius 3 is 2.53 bits per heavy atom. The van der Waals surface area contributed by atoms with E-state index < -0.39 is 33.5 Å². The van der Waals surface area contributed by atoms with Crippen LogP contribution in [0.4, 0.5) is 13.2 Å². The molecule has 0 aliphatic carbocycles. The van der Waals surface area contributed by atoms with Gasteiger partial charge in [-0.2, -0.15) is 18.3 Å². The molecule has 0 radical (unpaired) electrons. The summed E-state index contributed by atoms with van der Waals surface area (Å²) in [5.74, 6) is -0.428. The summed E-state index contributed by atoms with van der Waals surface area (Å²) in [5, 5.41) is 6.83. The maximum Gasteiger partial charge on any atom is 0.416 e. The molecule has 1 aliphatic rings. The molecule has 1 aromatic carbocycles. The number of aromatic nitrogens is 3. The molecular weight excluding hydrogens is 421 g/mol. The van der Waals surface area contributed by atoms with Crippen molar-refractivity contribution in [2.75, 3.05) is 11.5 Å². The fourth-order valence-corrected chi connectivity index (χ4v) is 5.07. The highest BCUT2D eigenvalue weighted by Crippen LogP contribution is 2.31. The zero-order valence-electron chi connectivity index (χ0n) is 15.5. The first-order valence-electron chi connectivity index (χ1n) is 9.04. The van der Waals surface area contributed by atoms with Gasteiger partial charge < -0.3 is 9.88 Å². The zero-order chi connectivity index (χ0) is 21.5. The largest absolute Gasteiger partial charge is 0.416 e. The number of benzene rings is 1. The van der Waals surface area contributed by atoms with Crippen molar-refractivity contribution in [2.24, 2.45) is 0 Å². The molecule has 1 amide bonds. The summed E-state index contributed by atoms with van der Waals surface area (Å²) < 4.78 is 65.5. The molecular formula is C19H17F3N4O3S. The van der Waals surface area contributed by atoms with Crippen LogP contribution in [0.5, 0.6) is 0 Å². The van der Waals surface area contributed by atoms with Crippen LogP contribution in [0, 0.1) is 0 Å². The van der Waals surface area contributed by atoms with Crippen LogP contribution in [0.1, 0.15) is 22.3 Å². The molecule has 3 aromatic rings. The number of alkyl halides is 3. The maximum absolute atomic E-state index is 13.1. The molecule has 1 atom stereocenters. The first-order valence-corrected chi connectivity index (χ1v) is 10.9. The lowest BCUT2D eigenvalue weighted by Gasteiger charge is -2.14. The highest BCUT2D eigenvalue weighted by Gasteiger charge is 2.32. The van der Waals surface area contributed by atoms with Crippen molar-refractivity contribution in [3.05, 3.63) is 66.1 Å². The second kappa shape index (κ2) is 7.31. The minimum Gasteiger partial charge on any atom is -0.348 e. The molecule has 2 aromatic heterocycles.